The van der Waals surface area contributed by atoms with E-state index in [0.29, 0.717) is 56.4 Å². The molecule has 7 rings (SSSR count). The van der Waals surface area contributed by atoms with Crippen molar-refractivity contribution in [3.63, 3.8) is 0 Å². The topological polar surface area (TPSA) is 125 Å². The van der Waals surface area contributed by atoms with E-state index in [4.69, 9.17) is 23.2 Å². The third-order valence-electron chi connectivity index (χ3n) is 11.2. The Morgan fingerprint density at radius 3 is 1.36 bits per heavy atom. The minimum atomic E-state index is -6.26. The first kappa shape index (κ1) is 52.8. The molecule has 1 fully saturated rings. The zero-order valence-electron chi connectivity index (χ0n) is 36.2. The van der Waals surface area contributed by atoms with Crippen molar-refractivity contribution in [2.75, 3.05) is 7.11 Å². The fourth-order valence-electron chi connectivity index (χ4n) is 7.42. The van der Waals surface area contributed by atoms with Gasteiger partial charge in [-0.1, -0.05) is 35.3 Å². The highest BCUT2D eigenvalue weighted by atomic mass is 35.5. The Balaban J connectivity index is 0.000000231. The molecule has 4 heterocycles. The second-order valence-corrected chi connectivity index (χ2v) is 16.7. The lowest BCUT2D eigenvalue weighted by molar-refractivity contribution is -0.351. The number of alkyl halides is 14. The number of ether oxygens (including phenoxy) is 1. The number of hydrogen-bond donors (Lipinski definition) is 1. The molecule has 0 unspecified atom stereocenters. The van der Waals surface area contributed by atoms with Crippen LogP contribution in [0.5, 0.6) is 0 Å². The molecular weight excluding hydrogens is 1010 g/mol. The average molecular weight is 1050 g/mol. The zero-order chi connectivity index (χ0) is 52.5. The van der Waals surface area contributed by atoms with E-state index in [1.165, 1.54) is 75.0 Å². The molecule has 0 spiro atoms. The van der Waals surface area contributed by atoms with E-state index in [2.05, 4.69) is 20.3 Å². The van der Waals surface area contributed by atoms with Crippen LogP contribution in [0.2, 0.25) is 10.0 Å². The van der Waals surface area contributed by atoms with Gasteiger partial charge in [-0.05, 0) is 85.3 Å². The average Bonchev–Trinajstić information content (AvgIpc) is 3.58. The summed E-state index contributed by atoms with van der Waals surface area (Å²) in [4.78, 5) is 24.5. The normalized spacial score (nSPS) is 14.2. The molecule has 1 aliphatic carbocycles. The number of halogens is 16. The Morgan fingerprint density at radius 1 is 0.643 bits per heavy atom. The number of methoxy groups -OCH3 is 1. The van der Waals surface area contributed by atoms with E-state index < -0.39 is 64.8 Å². The van der Waals surface area contributed by atoms with E-state index >= 15 is 0 Å². The molecule has 11 nitrogen and oxygen atoms in total. The second-order valence-electron chi connectivity index (χ2n) is 15.9. The minimum absolute atomic E-state index is 0.0410. The summed E-state index contributed by atoms with van der Waals surface area (Å²) in [6, 6.07) is 11.7. The monoisotopic (exact) mass is 1040 g/mol. The largest absolute Gasteiger partial charge is 0.465 e. The van der Waals surface area contributed by atoms with Gasteiger partial charge in [0.1, 0.15) is 17.2 Å². The van der Waals surface area contributed by atoms with Crippen molar-refractivity contribution in [2.24, 2.45) is 14.1 Å². The van der Waals surface area contributed by atoms with Gasteiger partial charge in [0.15, 0.2) is 0 Å². The number of amides is 1. The van der Waals surface area contributed by atoms with Crippen molar-refractivity contribution in [1.82, 2.24) is 34.0 Å². The SMILES string of the molecule is COC(=O)c1cc(-c2cnn(-c3c(C)cc(C(F)(C(F)(F)F)C(F)(F)F)n3C)c2)ccc1Cl.Cc1cc(C(F)(C(F)(F)F)C(F)(F)F)n(C)c1-n1cc(-c2ccc(Cl)c(C(=O)NC3(C#N)CC3)c2)cn1. The Labute approximate surface area is 395 Å². The maximum absolute atomic E-state index is 14.7. The lowest BCUT2D eigenvalue weighted by Crippen LogP contribution is -2.51. The molecule has 4 aromatic heterocycles. The maximum Gasteiger partial charge on any atom is 0.437 e. The fraction of sp³-hybridized carbons (Fsp3) is 0.326. The molecule has 70 heavy (non-hydrogen) atoms. The van der Waals surface area contributed by atoms with Gasteiger partial charge in [0, 0.05) is 37.6 Å². The first-order valence-electron chi connectivity index (χ1n) is 19.7. The standard InChI is InChI=1S/C23H17ClF7N5O.C20H15ClF7N3O2/c1-12-7-17(21(25,22(26,27)28)23(29,30)31)35(2)19(12)36-10-14(9-33-36)13-3-4-16(24)15(8-13)18(37)34-20(11-32)5-6-20;1-10-6-15(18(22,19(23,24)25)20(26,27)28)30(2)16(10)31-9-12(8-29-31)11-4-5-14(21)13(7-11)17(32)33-3/h3-4,7-10H,5-6H2,1-2H3,(H,34,37);4-9H,1-3H3. The summed E-state index contributed by atoms with van der Waals surface area (Å²) in [5, 5.41) is 20.0. The molecule has 1 N–H and O–H groups in total. The number of nitriles is 1. The number of nitrogens with zero attached hydrogens (tertiary/aromatic N) is 7. The van der Waals surface area contributed by atoms with Crippen LogP contribution in [-0.2, 0) is 30.2 Å². The highest BCUT2D eigenvalue weighted by Crippen LogP contribution is 2.55. The molecule has 1 aliphatic rings. The number of nitrogens with one attached hydrogen (secondary N) is 1. The molecular formula is C43H32Cl2F14N8O3. The van der Waals surface area contributed by atoms with Crippen LogP contribution in [0.1, 0.15) is 56.1 Å². The van der Waals surface area contributed by atoms with Crippen molar-refractivity contribution < 1.29 is 75.8 Å². The molecule has 0 atom stereocenters. The van der Waals surface area contributed by atoms with Gasteiger partial charge in [0.25, 0.3) is 5.91 Å². The summed E-state index contributed by atoms with van der Waals surface area (Å²) in [6.07, 6.45) is -18.9. The summed E-state index contributed by atoms with van der Waals surface area (Å²) >= 11 is 12.1. The Bertz CT molecular complexity index is 3010. The molecule has 1 amide bonds. The Kier molecular flexibility index (Phi) is 13.6. The fourth-order valence-corrected chi connectivity index (χ4v) is 7.82. The van der Waals surface area contributed by atoms with E-state index in [0.717, 1.165) is 30.6 Å². The number of aromatic nitrogens is 6. The van der Waals surface area contributed by atoms with Gasteiger partial charge in [-0.25, -0.2) is 22.9 Å². The third-order valence-corrected chi connectivity index (χ3v) is 11.9. The van der Waals surface area contributed by atoms with Gasteiger partial charge >= 0.3 is 42.0 Å². The quantitative estimate of drug-likeness (QED) is 0.114. The summed E-state index contributed by atoms with van der Waals surface area (Å²) < 4.78 is 196. The number of hydrogen-bond acceptors (Lipinski definition) is 6. The smallest absolute Gasteiger partial charge is 0.437 e. The van der Waals surface area contributed by atoms with Crippen molar-refractivity contribution in [3.05, 3.63) is 117 Å². The number of carbonyl (C=O) groups is 2. The van der Waals surface area contributed by atoms with Crippen molar-refractivity contribution in [3.8, 4) is 40.0 Å². The summed E-state index contributed by atoms with van der Waals surface area (Å²) in [6.45, 7) is 2.45. The van der Waals surface area contributed by atoms with Crippen LogP contribution >= 0.6 is 23.2 Å². The van der Waals surface area contributed by atoms with Gasteiger partial charge in [0.05, 0.1) is 58.1 Å². The van der Waals surface area contributed by atoms with Crippen LogP contribution in [0.3, 0.4) is 0 Å². The molecule has 1 saturated carbocycles. The number of benzene rings is 2. The first-order valence-corrected chi connectivity index (χ1v) is 20.4. The molecule has 2 aromatic carbocycles. The number of rotatable bonds is 9. The molecule has 374 valence electrons. The minimum Gasteiger partial charge on any atom is -0.465 e. The number of esters is 1. The van der Waals surface area contributed by atoms with Crippen LogP contribution in [0.15, 0.2) is 73.3 Å². The lowest BCUT2D eigenvalue weighted by Gasteiger charge is -2.30. The van der Waals surface area contributed by atoms with E-state index in [1.54, 1.807) is 0 Å². The van der Waals surface area contributed by atoms with Gasteiger partial charge in [-0.3, -0.25) is 4.79 Å². The van der Waals surface area contributed by atoms with Crippen LogP contribution < -0.4 is 5.32 Å². The molecule has 0 saturated heterocycles. The van der Waals surface area contributed by atoms with Gasteiger partial charge in [-0.2, -0.15) is 68.1 Å². The van der Waals surface area contributed by atoms with Crippen LogP contribution in [0.4, 0.5) is 61.5 Å². The predicted octanol–water partition coefficient (Wildman–Crippen LogP) is 11.8. The number of carbonyl (C=O) groups excluding carboxylic acids is 2. The van der Waals surface area contributed by atoms with E-state index in [1.807, 2.05) is 6.07 Å². The first-order chi connectivity index (χ1) is 32.2. The zero-order valence-corrected chi connectivity index (χ0v) is 37.8. The summed E-state index contributed by atoms with van der Waals surface area (Å²) in [5.74, 6) is -1.74. The molecule has 0 radical (unpaired) electrons. The highest BCUT2D eigenvalue weighted by Gasteiger charge is 2.76. The summed E-state index contributed by atoms with van der Waals surface area (Å²) in [5.41, 5.74) is -14.0. The predicted molar refractivity (Wildman–Crippen MR) is 222 cm³/mol. The maximum atomic E-state index is 14.7. The third kappa shape index (κ3) is 9.17. The molecule has 6 aromatic rings. The molecule has 0 bridgehead atoms. The molecule has 0 aliphatic heterocycles. The lowest BCUT2D eigenvalue weighted by atomic mass is 10.00. The van der Waals surface area contributed by atoms with Gasteiger partial charge in [0.2, 0.25) is 0 Å². The van der Waals surface area contributed by atoms with Crippen LogP contribution in [0, 0.1) is 25.2 Å². The Hall–Kier alpha value is -6.55. The van der Waals surface area contributed by atoms with E-state index in [9.17, 15) is 76.3 Å². The number of aryl methyl sites for hydroxylation is 2. The van der Waals surface area contributed by atoms with Gasteiger partial charge in [-0.15, -0.1) is 0 Å². The van der Waals surface area contributed by atoms with Gasteiger partial charge < -0.3 is 19.2 Å². The highest BCUT2D eigenvalue weighted by molar-refractivity contribution is 6.34. The van der Waals surface area contributed by atoms with E-state index in [-0.39, 0.29) is 43.9 Å². The Morgan fingerprint density at radius 2 is 1.01 bits per heavy atom. The van der Waals surface area contributed by atoms with Crippen LogP contribution in [-0.4, -0.2) is 77.9 Å². The molecule has 27 heteroatoms. The summed E-state index contributed by atoms with van der Waals surface area (Å²) in [7, 11) is 2.91. The van der Waals surface area contributed by atoms with Crippen LogP contribution in [0.25, 0.3) is 33.9 Å². The second kappa shape index (κ2) is 18.0. The van der Waals surface area contributed by atoms with Crippen molar-refractivity contribution in [2.45, 2.75) is 68.3 Å². The van der Waals surface area contributed by atoms with Crippen molar-refractivity contribution in [1.29, 1.82) is 5.26 Å². The van der Waals surface area contributed by atoms with Crippen molar-refractivity contribution >= 4 is 35.1 Å².